The van der Waals surface area contributed by atoms with Crippen molar-refractivity contribution in [1.29, 1.82) is 0 Å². The van der Waals surface area contributed by atoms with Crippen molar-refractivity contribution < 1.29 is 9.59 Å². The van der Waals surface area contributed by atoms with E-state index in [1.165, 1.54) is 11.8 Å². The molecule has 8 heteroatoms. The maximum Gasteiger partial charge on any atom is 0.233 e. The standard InChI is InChI=1S/C22H23N5O2S/c23-20(29)15-10-12-27(13-11-15)19(28)14-30-22-25-18-9-5-4-8-17(18)21(26-22)24-16-6-2-1-3-7-16/h1-9,15H,10-14H2,(H2,23,29)(H,24,25,26). The second kappa shape index (κ2) is 9.13. The van der Waals surface area contributed by atoms with Gasteiger partial charge in [-0.2, -0.15) is 0 Å². The van der Waals surface area contributed by atoms with Crippen molar-refractivity contribution in [1.82, 2.24) is 14.9 Å². The zero-order chi connectivity index (χ0) is 20.9. The molecule has 0 bridgehead atoms. The van der Waals surface area contributed by atoms with Gasteiger partial charge in [0, 0.05) is 30.1 Å². The Morgan fingerprint density at radius 3 is 2.47 bits per heavy atom. The van der Waals surface area contributed by atoms with Gasteiger partial charge in [-0.1, -0.05) is 42.1 Å². The highest BCUT2D eigenvalue weighted by molar-refractivity contribution is 7.99. The van der Waals surface area contributed by atoms with E-state index in [0.717, 1.165) is 16.6 Å². The minimum Gasteiger partial charge on any atom is -0.369 e. The van der Waals surface area contributed by atoms with Gasteiger partial charge in [0.1, 0.15) is 5.82 Å². The van der Waals surface area contributed by atoms with E-state index in [0.29, 0.717) is 36.9 Å². The van der Waals surface area contributed by atoms with Gasteiger partial charge < -0.3 is 16.0 Å². The van der Waals surface area contributed by atoms with E-state index in [4.69, 9.17) is 5.73 Å². The van der Waals surface area contributed by atoms with Crippen LogP contribution in [-0.2, 0) is 9.59 Å². The topological polar surface area (TPSA) is 101 Å². The first-order valence-electron chi connectivity index (χ1n) is 9.89. The average molecular weight is 422 g/mol. The summed E-state index contributed by atoms with van der Waals surface area (Å²) in [5.41, 5.74) is 7.13. The van der Waals surface area contributed by atoms with Crippen LogP contribution >= 0.6 is 11.8 Å². The molecule has 3 aromatic rings. The maximum absolute atomic E-state index is 12.6. The second-order valence-corrected chi connectivity index (χ2v) is 8.15. The van der Waals surface area contributed by atoms with Crippen LogP contribution in [0.5, 0.6) is 0 Å². The number of benzene rings is 2. The number of nitrogens with one attached hydrogen (secondary N) is 1. The van der Waals surface area contributed by atoms with Crippen LogP contribution in [-0.4, -0.2) is 45.5 Å². The molecule has 0 saturated carbocycles. The van der Waals surface area contributed by atoms with Crippen LogP contribution < -0.4 is 11.1 Å². The maximum atomic E-state index is 12.6. The Balaban J connectivity index is 1.46. The van der Waals surface area contributed by atoms with Gasteiger partial charge in [-0.3, -0.25) is 9.59 Å². The third-order valence-corrected chi connectivity index (χ3v) is 6.03. The molecule has 1 aliphatic rings. The van der Waals surface area contributed by atoms with Crippen LogP contribution in [0.25, 0.3) is 10.9 Å². The fourth-order valence-electron chi connectivity index (χ4n) is 3.50. The smallest absolute Gasteiger partial charge is 0.233 e. The van der Waals surface area contributed by atoms with Crippen LogP contribution in [0.3, 0.4) is 0 Å². The molecule has 4 rings (SSSR count). The zero-order valence-electron chi connectivity index (χ0n) is 16.5. The molecule has 0 atom stereocenters. The molecule has 7 nitrogen and oxygen atoms in total. The molecule has 3 N–H and O–H groups in total. The van der Waals surface area contributed by atoms with Crippen molar-refractivity contribution in [3.63, 3.8) is 0 Å². The van der Waals surface area contributed by atoms with Crippen LogP contribution in [0, 0.1) is 5.92 Å². The van der Waals surface area contributed by atoms with Crippen LogP contribution in [0.1, 0.15) is 12.8 Å². The van der Waals surface area contributed by atoms with Crippen molar-refractivity contribution >= 4 is 46.0 Å². The van der Waals surface area contributed by atoms with Gasteiger partial charge in [-0.15, -0.1) is 0 Å². The number of para-hydroxylation sites is 2. The number of carbonyl (C=O) groups excluding carboxylic acids is 2. The first kappa shape index (κ1) is 20.2. The fraction of sp³-hybridized carbons (Fsp3) is 0.273. The highest BCUT2D eigenvalue weighted by atomic mass is 32.2. The summed E-state index contributed by atoms with van der Waals surface area (Å²) in [6.45, 7) is 1.12. The van der Waals surface area contributed by atoms with Crippen molar-refractivity contribution in [2.24, 2.45) is 11.7 Å². The summed E-state index contributed by atoms with van der Waals surface area (Å²) in [5.74, 6) is 0.586. The number of amides is 2. The number of thioether (sulfide) groups is 1. The molecule has 2 amide bonds. The predicted molar refractivity (Wildman–Crippen MR) is 118 cm³/mol. The lowest BCUT2D eigenvalue weighted by atomic mass is 9.96. The zero-order valence-corrected chi connectivity index (χ0v) is 17.3. The van der Waals surface area contributed by atoms with E-state index in [1.54, 1.807) is 4.90 Å². The number of nitrogens with two attached hydrogens (primary N) is 1. The Hall–Kier alpha value is -3.13. The number of aromatic nitrogens is 2. The van der Waals surface area contributed by atoms with Crippen LogP contribution in [0.15, 0.2) is 59.8 Å². The third kappa shape index (κ3) is 4.71. The fourth-order valence-corrected chi connectivity index (χ4v) is 4.26. The number of fused-ring (bicyclic) bond motifs is 1. The first-order chi connectivity index (χ1) is 14.6. The normalized spacial score (nSPS) is 14.6. The van der Waals surface area contributed by atoms with Crippen molar-refractivity contribution in [2.45, 2.75) is 18.0 Å². The summed E-state index contributed by atoms with van der Waals surface area (Å²) in [4.78, 5) is 35.0. The molecule has 1 aromatic heterocycles. The van der Waals surface area contributed by atoms with E-state index in [9.17, 15) is 9.59 Å². The molecule has 1 aliphatic heterocycles. The largest absolute Gasteiger partial charge is 0.369 e. The lowest BCUT2D eigenvalue weighted by molar-refractivity contribution is -0.132. The van der Waals surface area contributed by atoms with E-state index in [1.807, 2.05) is 54.6 Å². The Bertz CT molecular complexity index is 1050. The summed E-state index contributed by atoms with van der Waals surface area (Å²) in [6, 6.07) is 17.6. The molecule has 2 heterocycles. The van der Waals surface area contributed by atoms with E-state index in [2.05, 4.69) is 15.3 Å². The summed E-state index contributed by atoms with van der Waals surface area (Å²) in [5, 5.41) is 4.82. The first-order valence-corrected chi connectivity index (χ1v) is 10.9. The number of anilines is 2. The predicted octanol–water partition coefficient (Wildman–Crippen LogP) is 3.19. The number of hydrogen-bond acceptors (Lipinski definition) is 6. The summed E-state index contributed by atoms with van der Waals surface area (Å²) in [6.07, 6.45) is 1.26. The van der Waals surface area contributed by atoms with Gasteiger partial charge in [0.05, 0.1) is 11.3 Å². The van der Waals surface area contributed by atoms with E-state index >= 15 is 0 Å². The second-order valence-electron chi connectivity index (χ2n) is 7.21. The van der Waals surface area contributed by atoms with Gasteiger partial charge in [0.15, 0.2) is 5.16 Å². The SMILES string of the molecule is NC(=O)C1CCN(C(=O)CSc2nc(Nc3ccccc3)c3ccccc3n2)CC1. The minimum atomic E-state index is -0.278. The molecule has 1 saturated heterocycles. The van der Waals surface area contributed by atoms with Crippen molar-refractivity contribution in [3.05, 3.63) is 54.6 Å². The minimum absolute atomic E-state index is 0.0252. The molecular formula is C22H23N5O2S. The van der Waals surface area contributed by atoms with E-state index < -0.39 is 0 Å². The highest BCUT2D eigenvalue weighted by Gasteiger charge is 2.26. The molecule has 0 radical (unpaired) electrons. The Labute approximate surface area is 179 Å². The molecular weight excluding hydrogens is 398 g/mol. The van der Waals surface area contributed by atoms with Gasteiger partial charge in [0.2, 0.25) is 11.8 Å². The van der Waals surface area contributed by atoms with Gasteiger partial charge >= 0.3 is 0 Å². The Kier molecular flexibility index (Phi) is 6.13. The van der Waals surface area contributed by atoms with Gasteiger partial charge in [0.25, 0.3) is 0 Å². The van der Waals surface area contributed by atoms with Gasteiger partial charge in [-0.05, 0) is 37.1 Å². The Morgan fingerprint density at radius 1 is 1.03 bits per heavy atom. The summed E-state index contributed by atoms with van der Waals surface area (Å²) >= 11 is 1.32. The molecule has 30 heavy (non-hydrogen) atoms. The number of nitrogens with zero attached hydrogens (tertiary/aromatic N) is 3. The van der Waals surface area contributed by atoms with E-state index in [-0.39, 0.29) is 23.5 Å². The molecule has 0 spiro atoms. The van der Waals surface area contributed by atoms with Crippen LogP contribution in [0.2, 0.25) is 0 Å². The van der Waals surface area contributed by atoms with Crippen LogP contribution in [0.4, 0.5) is 11.5 Å². The lowest BCUT2D eigenvalue weighted by Gasteiger charge is -2.30. The molecule has 1 fully saturated rings. The number of likely N-dealkylation sites (tertiary alicyclic amines) is 1. The molecule has 0 aliphatic carbocycles. The summed E-state index contributed by atoms with van der Waals surface area (Å²) in [7, 11) is 0. The number of piperidine rings is 1. The third-order valence-electron chi connectivity index (χ3n) is 5.19. The molecule has 154 valence electrons. The monoisotopic (exact) mass is 421 g/mol. The number of primary amides is 1. The average Bonchev–Trinajstić information content (AvgIpc) is 2.78. The molecule has 0 unspecified atom stereocenters. The molecule has 2 aromatic carbocycles. The van der Waals surface area contributed by atoms with Gasteiger partial charge in [-0.25, -0.2) is 9.97 Å². The highest BCUT2D eigenvalue weighted by Crippen LogP contribution is 2.27. The van der Waals surface area contributed by atoms with Crippen molar-refractivity contribution in [3.8, 4) is 0 Å². The lowest BCUT2D eigenvalue weighted by Crippen LogP contribution is -2.42. The quantitative estimate of drug-likeness (QED) is 0.468. The van der Waals surface area contributed by atoms with Crippen molar-refractivity contribution in [2.75, 3.05) is 24.2 Å². The number of rotatable bonds is 6. The number of carbonyl (C=O) groups is 2. The number of hydrogen-bond donors (Lipinski definition) is 2. The Morgan fingerprint density at radius 2 is 1.73 bits per heavy atom. The summed E-state index contributed by atoms with van der Waals surface area (Å²) < 4.78 is 0.